The van der Waals surface area contributed by atoms with Gasteiger partial charge in [-0.25, -0.2) is 0 Å². The van der Waals surface area contributed by atoms with Crippen molar-refractivity contribution in [3.63, 3.8) is 0 Å². The molecule has 2 rings (SSSR count). The van der Waals surface area contributed by atoms with Gasteiger partial charge in [0, 0.05) is 18.8 Å². The SMILES string of the molecule is CCC[NH+]1CCC([NH+]2CCC[C@H](CO)C2)CC1. The number of hydrogen-bond acceptors (Lipinski definition) is 1. The first kappa shape index (κ1) is 13.3. The lowest BCUT2D eigenvalue weighted by molar-refractivity contribution is -0.962. The summed E-state index contributed by atoms with van der Waals surface area (Å²) in [6.07, 6.45) is 6.71. The first-order chi connectivity index (χ1) is 8.33. The molecular weight excluding hydrogens is 212 g/mol. The normalized spacial score (nSPS) is 39.2. The van der Waals surface area contributed by atoms with Crippen molar-refractivity contribution in [3.8, 4) is 0 Å². The summed E-state index contributed by atoms with van der Waals surface area (Å²) in [5.74, 6) is 0.583. The van der Waals surface area contributed by atoms with Gasteiger partial charge in [0.15, 0.2) is 0 Å². The van der Waals surface area contributed by atoms with E-state index in [-0.39, 0.29) is 0 Å². The predicted octanol–water partition coefficient (Wildman–Crippen LogP) is -1.27. The van der Waals surface area contributed by atoms with Gasteiger partial charge in [0.25, 0.3) is 0 Å². The Balaban J connectivity index is 1.76. The van der Waals surface area contributed by atoms with Crippen molar-refractivity contribution >= 4 is 0 Å². The lowest BCUT2D eigenvalue weighted by atomic mass is 9.94. The fourth-order valence-corrected chi connectivity index (χ4v) is 3.76. The molecule has 1 unspecified atom stereocenters. The van der Waals surface area contributed by atoms with Gasteiger partial charge >= 0.3 is 0 Å². The summed E-state index contributed by atoms with van der Waals surface area (Å²) in [6, 6.07) is 0.893. The third-order valence-electron chi connectivity index (χ3n) is 4.79. The summed E-state index contributed by atoms with van der Waals surface area (Å²) in [6.45, 7) is 9.40. The average molecular weight is 242 g/mol. The van der Waals surface area contributed by atoms with E-state index in [0.717, 1.165) is 6.04 Å². The van der Waals surface area contributed by atoms with Crippen LogP contribution in [0.1, 0.15) is 39.0 Å². The maximum Gasteiger partial charge on any atom is 0.0983 e. The van der Waals surface area contributed by atoms with Crippen LogP contribution in [0.25, 0.3) is 0 Å². The lowest BCUT2D eigenvalue weighted by Gasteiger charge is -2.38. The Labute approximate surface area is 106 Å². The molecule has 3 heteroatoms. The van der Waals surface area contributed by atoms with E-state index in [2.05, 4.69) is 6.92 Å². The number of quaternary nitrogens is 2. The van der Waals surface area contributed by atoms with Crippen LogP contribution >= 0.6 is 0 Å². The number of likely N-dealkylation sites (tertiary alicyclic amines) is 2. The van der Waals surface area contributed by atoms with Gasteiger partial charge in [0.2, 0.25) is 0 Å². The molecule has 0 aromatic carbocycles. The van der Waals surface area contributed by atoms with E-state index >= 15 is 0 Å². The summed E-state index contributed by atoms with van der Waals surface area (Å²) in [5, 5.41) is 9.30. The van der Waals surface area contributed by atoms with Crippen LogP contribution in [0.2, 0.25) is 0 Å². The Morgan fingerprint density at radius 2 is 1.88 bits per heavy atom. The first-order valence-corrected chi connectivity index (χ1v) is 7.62. The van der Waals surface area contributed by atoms with Crippen molar-refractivity contribution in [2.45, 2.75) is 45.1 Å². The van der Waals surface area contributed by atoms with Crippen LogP contribution in [-0.4, -0.2) is 50.5 Å². The quantitative estimate of drug-likeness (QED) is 0.564. The summed E-state index contributed by atoms with van der Waals surface area (Å²) in [7, 11) is 0. The highest BCUT2D eigenvalue weighted by Gasteiger charge is 2.32. The van der Waals surface area contributed by atoms with E-state index in [4.69, 9.17) is 0 Å². The summed E-state index contributed by atoms with van der Waals surface area (Å²) in [5.41, 5.74) is 0. The van der Waals surface area contributed by atoms with E-state index in [1.54, 1.807) is 4.90 Å². The van der Waals surface area contributed by atoms with E-state index in [1.807, 2.05) is 4.90 Å². The smallest absolute Gasteiger partial charge is 0.0983 e. The van der Waals surface area contributed by atoms with Crippen LogP contribution in [0.4, 0.5) is 0 Å². The van der Waals surface area contributed by atoms with E-state index < -0.39 is 0 Å². The van der Waals surface area contributed by atoms with Gasteiger partial charge in [-0.1, -0.05) is 6.92 Å². The Kier molecular flexibility index (Phi) is 5.26. The van der Waals surface area contributed by atoms with E-state index in [1.165, 1.54) is 64.8 Å². The standard InChI is InChI=1S/C14H28N2O/c1-2-7-15-9-5-14(6-10-15)16-8-3-4-13(11-16)12-17/h13-14,17H,2-12H2,1H3/p+2/t13-/m0/s1. The second-order valence-electron chi connectivity index (χ2n) is 6.08. The number of aliphatic hydroxyl groups excluding tert-OH is 1. The molecule has 0 aliphatic carbocycles. The number of aliphatic hydroxyl groups is 1. The minimum atomic E-state index is 0.406. The van der Waals surface area contributed by atoms with Crippen molar-refractivity contribution < 1.29 is 14.9 Å². The summed E-state index contributed by atoms with van der Waals surface area (Å²) >= 11 is 0. The van der Waals surface area contributed by atoms with Gasteiger partial charge in [0.05, 0.1) is 45.4 Å². The molecule has 0 aromatic heterocycles. The van der Waals surface area contributed by atoms with Crippen LogP contribution in [0.5, 0.6) is 0 Å². The minimum absolute atomic E-state index is 0.406. The number of nitrogens with one attached hydrogen (secondary N) is 2. The van der Waals surface area contributed by atoms with Gasteiger partial charge in [-0.3, -0.25) is 0 Å². The highest BCUT2D eigenvalue weighted by Crippen LogP contribution is 2.08. The number of piperidine rings is 2. The average Bonchev–Trinajstić information content (AvgIpc) is 2.40. The molecule has 17 heavy (non-hydrogen) atoms. The molecule has 0 aromatic rings. The monoisotopic (exact) mass is 242 g/mol. The van der Waals surface area contributed by atoms with Gasteiger partial charge in [-0.05, 0) is 19.3 Å². The molecule has 2 heterocycles. The Bertz CT molecular complexity index is 214. The largest absolute Gasteiger partial charge is 0.396 e. The molecule has 3 nitrogen and oxygen atoms in total. The van der Waals surface area contributed by atoms with Gasteiger partial charge in [-0.15, -0.1) is 0 Å². The second-order valence-corrected chi connectivity index (χ2v) is 6.08. The molecule has 100 valence electrons. The Hall–Kier alpha value is -0.120. The van der Waals surface area contributed by atoms with Crippen LogP contribution in [0, 0.1) is 5.92 Å². The highest BCUT2D eigenvalue weighted by molar-refractivity contribution is 4.65. The second kappa shape index (κ2) is 6.72. The molecule has 0 amide bonds. The Morgan fingerprint density at radius 3 is 2.53 bits per heavy atom. The van der Waals surface area contributed by atoms with Crippen LogP contribution < -0.4 is 9.80 Å². The molecular formula is C14H30N2O+2. The maximum atomic E-state index is 9.30. The fraction of sp³-hybridized carbons (Fsp3) is 1.00. The lowest BCUT2D eigenvalue weighted by Crippen LogP contribution is -3.21. The van der Waals surface area contributed by atoms with E-state index in [0.29, 0.717) is 12.5 Å². The van der Waals surface area contributed by atoms with Crippen LogP contribution in [0.15, 0.2) is 0 Å². The topological polar surface area (TPSA) is 29.1 Å². The van der Waals surface area contributed by atoms with Gasteiger partial charge in [-0.2, -0.15) is 0 Å². The maximum absolute atomic E-state index is 9.30. The van der Waals surface area contributed by atoms with Crippen molar-refractivity contribution in [1.82, 2.24) is 0 Å². The fourth-order valence-electron chi connectivity index (χ4n) is 3.76. The van der Waals surface area contributed by atoms with Crippen molar-refractivity contribution in [3.05, 3.63) is 0 Å². The zero-order valence-corrected chi connectivity index (χ0v) is 11.4. The van der Waals surface area contributed by atoms with Crippen LogP contribution in [-0.2, 0) is 0 Å². The van der Waals surface area contributed by atoms with Gasteiger partial charge in [0.1, 0.15) is 0 Å². The molecule has 2 saturated heterocycles. The molecule has 2 aliphatic rings. The molecule has 2 fully saturated rings. The molecule has 0 saturated carbocycles. The van der Waals surface area contributed by atoms with Crippen molar-refractivity contribution in [1.29, 1.82) is 0 Å². The first-order valence-electron chi connectivity index (χ1n) is 7.62. The molecule has 2 atom stereocenters. The predicted molar refractivity (Wildman–Crippen MR) is 69.4 cm³/mol. The zero-order chi connectivity index (χ0) is 12.1. The zero-order valence-electron chi connectivity index (χ0n) is 11.4. The van der Waals surface area contributed by atoms with Crippen LogP contribution in [0.3, 0.4) is 0 Å². The summed E-state index contributed by atoms with van der Waals surface area (Å²) in [4.78, 5) is 3.62. The molecule has 3 N–H and O–H groups in total. The highest BCUT2D eigenvalue weighted by atomic mass is 16.3. The third-order valence-corrected chi connectivity index (χ3v) is 4.79. The molecule has 0 spiro atoms. The summed E-state index contributed by atoms with van der Waals surface area (Å²) < 4.78 is 0. The molecule has 0 radical (unpaired) electrons. The Morgan fingerprint density at radius 1 is 1.12 bits per heavy atom. The molecule has 2 aliphatic heterocycles. The van der Waals surface area contributed by atoms with E-state index in [9.17, 15) is 5.11 Å². The van der Waals surface area contributed by atoms with Crippen molar-refractivity contribution in [2.75, 3.05) is 39.3 Å². The van der Waals surface area contributed by atoms with Gasteiger partial charge < -0.3 is 14.9 Å². The number of rotatable bonds is 4. The minimum Gasteiger partial charge on any atom is -0.396 e. The van der Waals surface area contributed by atoms with Crippen molar-refractivity contribution in [2.24, 2.45) is 5.92 Å². The third kappa shape index (κ3) is 3.67. The molecule has 0 bridgehead atoms. The number of hydrogen-bond donors (Lipinski definition) is 3.